The number of nitrogens with zero attached hydrogens (tertiary/aromatic N) is 1. The van der Waals surface area contributed by atoms with E-state index >= 15 is 0 Å². The maximum Gasteiger partial charge on any atom is 0.0791 e. The first-order valence-corrected chi connectivity index (χ1v) is 7.47. The highest BCUT2D eigenvalue weighted by atomic mass is 16.3. The van der Waals surface area contributed by atoms with Crippen LogP contribution in [0.1, 0.15) is 60.8 Å². The van der Waals surface area contributed by atoms with Crippen molar-refractivity contribution in [3.05, 3.63) is 0 Å². The number of hydrogen-bond acceptors (Lipinski definition) is 3. The first-order valence-electron chi connectivity index (χ1n) is 7.47. The van der Waals surface area contributed by atoms with Crippen molar-refractivity contribution < 1.29 is 5.11 Å². The molecular formula is C15H34N2O. The van der Waals surface area contributed by atoms with Crippen LogP contribution in [0.25, 0.3) is 0 Å². The van der Waals surface area contributed by atoms with Gasteiger partial charge in [0.1, 0.15) is 0 Å². The van der Waals surface area contributed by atoms with Crippen LogP contribution in [0.3, 0.4) is 0 Å². The van der Waals surface area contributed by atoms with Gasteiger partial charge in [-0.3, -0.25) is 4.90 Å². The Morgan fingerprint density at radius 2 is 1.83 bits per heavy atom. The fourth-order valence-corrected chi connectivity index (χ4v) is 1.87. The van der Waals surface area contributed by atoms with Gasteiger partial charge in [0, 0.05) is 24.7 Å². The van der Waals surface area contributed by atoms with Crippen LogP contribution in [0.5, 0.6) is 0 Å². The van der Waals surface area contributed by atoms with E-state index in [1.54, 1.807) is 0 Å². The quantitative estimate of drug-likeness (QED) is 0.667. The Morgan fingerprint density at radius 1 is 1.22 bits per heavy atom. The van der Waals surface area contributed by atoms with Gasteiger partial charge in [0.25, 0.3) is 0 Å². The van der Waals surface area contributed by atoms with Crippen molar-refractivity contribution in [2.45, 2.75) is 78.5 Å². The second kappa shape index (κ2) is 8.89. The highest BCUT2D eigenvalue weighted by Gasteiger charge is 2.17. The molecular weight excluding hydrogens is 224 g/mol. The van der Waals surface area contributed by atoms with Gasteiger partial charge in [0.2, 0.25) is 0 Å². The van der Waals surface area contributed by atoms with E-state index in [4.69, 9.17) is 0 Å². The lowest BCUT2D eigenvalue weighted by molar-refractivity contribution is 0.0835. The molecule has 0 saturated carbocycles. The van der Waals surface area contributed by atoms with E-state index in [2.05, 4.69) is 51.8 Å². The fourth-order valence-electron chi connectivity index (χ4n) is 1.87. The number of aliphatic hydroxyl groups excluding tert-OH is 1. The molecule has 0 spiro atoms. The molecule has 2 atom stereocenters. The van der Waals surface area contributed by atoms with Crippen molar-refractivity contribution in [2.24, 2.45) is 0 Å². The molecule has 0 heterocycles. The van der Waals surface area contributed by atoms with Gasteiger partial charge in [0.05, 0.1) is 6.10 Å². The number of nitrogens with one attached hydrogen (secondary N) is 1. The van der Waals surface area contributed by atoms with Crippen molar-refractivity contribution in [1.29, 1.82) is 0 Å². The van der Waals surface area contributed by atoms with E-state index < -0.39 is 0 Å². The summed E-state index contributed by atoms with van der Waals surface area (Å²) in [4.78, 5) is 2.42. The van der Waals surface area contributed by atoms with E-state index in [0.29, 0.717) is 12.6 Å². The molecule has 3 nitrogen and oxygen atoms in total. The van der Waals surface area contributed by atoms with Crippen LogP contribution in [0.4, 0.5) is 0 Å². The zero-order chi connectivity index (χ0) is 14.2. The van der Waals surface area contributed by atoms with Gasteiger partial charge in [-0.25, -0.2) is 0 Å². The van der Waals surface area contributed by atoms with Gasteiger partial charge in [-0.2, -0.15) is 0 Å². The minimum absolute atomic E-state index is 0.0750. The van der Waals surface area contributed by atoms with Gasteiger partial charge in [-0.05, 0) is 47.1 Å². The summed E-state index contributed by atoms with van der Waals surface area (Å²) in [7, 11) is 0. The van der Waals surface area contributed by atoms with Gasteiger partial charge < -0.3 is 10.4 Å². The van der Waals surface area contributed by atoms with Crippen molar-refractivity contribution in [3.63, 3.8) is 0 Å². The Kier molecular flexibility index (Phi) is 8.83. The van der Waals surface area contributed by atoms with Crippen molar-refractivity contribution in [1.82, 2.24) is 10.2 Å². The Labute approximate surface area is 114 Å². The summed E-state index contributed by atoms with van der Waals surface area (Å²) >= 11 is 0. The van der Waals surface area contributed by atoms with Crippen LogP contribution in [0, 0.1) is 0 Å². The second-order valence-corrected chi connectivity index (χ2v) is 6.39. The third-order valence-electron chi connectivity index (χ3n) is 3.33. The van der Waals surface area contributed by atoms with Crippen LogP contribution in [0.15, 0.2) is 0 Å². The Balaban J connectivity index is 4.13. The maximum atomic E-state index is 10.1. The topological polar surface area (TPSA) is 35.5 Å². The van der Waals surface area contributed by atoms with Crippen molar-refractivity contribution >= 4 is 0 Å². The van der Waals surface area contributed by atoms with E-state index in [1.165, 1.54) is 12.8 Å². The molecule has 0 aromatic heterocycles. The largest absolute Gasteiger partial charge is 0.390 e. The van der Waals surface area contributed by atoms with E-state index in [1.807, 2.05) is 0 Å². The third-order valence-corrected chi connectivity index (χ3v) is 3.33. The summed E-state index contributed by atoms with van der Waals surface area (Å²) < 4.78 is 0. The average Bonchev–Trinajstić information content (AvgIpc) is 2.30. The van der Waals surface area contributed by atoms with Crippen LogP contribution in [-0.2, 0) is 0 Å². The summed E-state index contributed by atoms with van der Waals surface area (Å²) in [6.45, 7) is 15.6. The monoisotopic (exact) mass is 258 g/mol. The smallest absolute Gasteiger partial charge is 0.0791 e. The molecule has 0 amide bonds. The van der Waals surface area contributed by atoms with E-state index in [-0.39, 0.29) is 11.6 Å². The summed E-state index contributed by atoms with van der Waals surface area (Å²) in [6, 6.07) is 0.556. The molecule has 3 heteroatoms. The van der Waals surface area contributed by atoms with Crippen molar-refractivity contribution in [3.8, 4) is 0 Å². The molecule has 0 rings (SSSR count). The van der Waals surface area contributed by atoms with Crippen LogP contribution >= 0.6 is 0 Å². The zero-order valence-corrected chi connectivity index (χ0v) is 13.3. The van der Waals surface area contributed by atoms with Crippen molar-refractivity contribution in [2.75, 3.05) is 19.6 Å². The fraction of sp³-hybridized carbons (Fsp3) is 1.00. The SMILES string of the molecule is CCCCN(CC(O)CNC(C)(C)C)C(C)CC. The molecule has 0 fully saturated rings. The molecule has 2 unspecified atom stereocenters. The number of aliphatic hydroxyl groups is 1. The number of rotatable bonds is 9. The van der Waals surface area contributed by atoms with Gasteiger partial charge in [-0.15, -0.1) is 0 Å². The molecule has 110 valence electrons. The lowest BCUT2D eigenvalue weighted by Crippen LogP contribution is -2.46. The van der Waals surface area contributed by atoms with Gasteiger partial charge in [0.15, 0.2) is 0 Å². The number of hydrogen-bond donors (Lipinski definition) is 2. The first kappa shape index (κ1) is 17.9. The molecule has 0 radical (unpaired) electrons. The summed E-state index contributed by atoms with van der Waals surface area (Å²) in [5.41, 5.74) is 0.0750. The molecule has 18 heavy (non-hydrogen) atoms. The molecule has 0 saturated heterocycles. The number of β-amino-alcohol motifs (C(OH)–C–C–N with tert-alkyl or cyclic N) is 1. The molecule has 0 bridgehead atoms. The van der Waals surface area contributed by atoms with E-state index in [9.17, 15) is 5.11 Å². The van der Waals surface area contributed by atoms with Gasteiger partial charge >= 0.3 is 0 Å². The summed E-state index contributed by atoms with van der Waals surface area (Å²) in [5, 5.41) is 13.5. The summed E-state index contributed by atoms with van der Waals surface area (Å²) in [5.74, 6) is 0. The molecule has 2 N–H and O–H groups in total. The average molecular weight is 258 g/mol. The lowest BCUT2D eigenvalue weighted by atomic mass is 10.1. The predicted molar refractivity (Wildman–Crippen MR) is 80.0 cm³/mol. The Bertz CT molecular complexity index is 201. The zero-order valence-electron chi connectivity index (χ0n) is 13.3. The molecule has 0 aromatic carbocycles. The number of unbranched alkanes of at least 4 members (excludes halogenated alkanes) is 1. The molecule has 0 aliphatic heterocycles. The van der Waals surface area contributed by atoms with Crippen LogP contribution in [-0.4, -0.2) is 47.3 Å². The highest BCUT2D eigenvalue weighted by Crippen LogP contribution is 2.07. The Hall–Kier alpha value is -0.120. The minimum Gasteiger partial charge on any atom is -0.390 e. The molecule has 0 aromatic rings. The van der Waals surface area contributed by atoms with Crippen LogP contribution < -0.4 is 5.32 Å². The van der Waals surface area contributed by atoms with E-state index in [0.717, 1.165) is 19.5 Å². The van der Waals surface area contributed by atoms with Gasteiger partial charge in [-0.1, -0.05) is 20.3 Å². The highest BCUT2D eigenvalue weighted by molar-refractivity contribution is 4.76. The summed E-state index contributed by atoms with van der Waals surface area (Å²) in [6.07, 6.45) is 3.28. The third kappa shape index (κ3) is 8.90. The maximum absolute atomic E-state index is 10.1. The molecule has 0 aliphatic carbocycles. The molecule has 0 aliphatic rings. The second-order valence-electron chi connectivity index (χ2n) is 6.39. The normalized spacial score (nSPS) is 16.0. The van der Waals surface area contributed by atoms with Crippen LogP contribution in [0.2, 0.25) is 0 Å². The standard InChI is InChI=1S/C15H34N2O/c1-7-9-10-17(13(3)8-2)12-14(18)11-16-15(4,5)6/h13-14,16,18H,7-12H2,1-6H3. The minimum atomic E-state index is -0.282. The first-order chi connectivity index (χ1) is 8.30. The lowest BCUT2D eigenvalue weighted by Gasteiger charge is -2.31. The Morgan fingerprint density at radius 3 is 2.28 bits per heavy atom. The predicted octanol–water partition coefficient (Wildman–Crippen LogP) is 2.64.